The molecule has 1 aromatic rings. The molecule has 3 rings (SSSR count). The molecule has 0 amide bonds. The number of piperidine rings is 1. The largest absolute Gasteiger partial charge is 0.370 e. The Bertz CT molecular complexity index is 403. The molecule has 2 aliphatic rings. The molecule has 18 heavy (non-hydrogen) atoms. The van der Waals surface area contributed by atoms with Crippen LogP contribution in [0, 0.1) is 13.8 Å². The van der Waals surface area contributed by atoms with Crippen molar-refractivity contribution >= 4 is 5.69 Å². The van der Waals surface area contributed by atoms with Crippen molar-refractivity contribution in [2.45, 2.75) is 51.6 Å². The van der Waals surface area contributed by atoms with Crippen molar-refractivity contribution < 1.29 is 0 Å². The van der Waals surface area contributed by atoms with Crippen LogP contribution in [0.25, 0.3) is 0 Å². The molecule has 1 N–H and O–H groups in total. The van der Waals surface area contributed by atoms with Crippen molar-refractivity contribution in [1.29, 1.82) is 0 Å². The molecule has 1 aliphatic heterocycles. The molecule has 1 aliphatic carbocycles. The fourth-order valence-corrected chi connectivity index (χ4v) is 3.06. The van der Waals surface area contributed by atoms with Crippen LogP contribution in [-0.4, -0.2) is 25.2 Å². The summed E-state index contributed by atoms with van der Waals surface area (Å²) in [6.45, 7) is 6.78. The van der Waals surface area contributed by atoms with Crippen LogP contribution in [0.1, 0.15) is 36.8 Å². The minimum absolute atomic E-state index is 0.701. The third-order valence-electron chi connectivity index (χ3n) is 4.04. The zero-order valence-corrected chi connectivity index (χ0v) is 11.6. The van der Waals surface area contributed by atoms with Gasteiger partial charge in [-0.05, 0) is 62.8 Å². The Labute approximate surface area is 110 Å². The molecular formula is C16H24N2. The highest BCUT2D eigenvalue weighted by Gasteiger charge is 2.27. The van der Waals surface area contributed by atoms with Gasteiger partial charge in [0, 0.05) is 30.9 Å². The van der Waals surface area contributed by atoms with Crippen LogP contribution in [0.15, 0.2) is 18.2 Å². The monoisotopic (exact) mass is 244 g/mol. The molecule has 1 saturated heterocycles. The molecule has 1 atom stereocenters. The van der Waals surface area contributed by atoms with Crippen molar-refractivity contribution in [3.05, 3.63) is 29.3 Å². The number of rotatable bonds is 3. The van der Waals surface area contributed by atoms with Crippen molar-refractivity contribution in [2.75, 3.05) is 18.0 Å². The number of nitrogens with zero attached hydrogens (tertiary/aromatic N) is 1. The van der Waals surface area contributed by atoms with Gasteiger partial charge in [-0.15, -0.1) is 0 Å². The summed E-state index contributed by atoms with van der Waals surface area (Å²) in [7, 11) is 0. The Morgan fingerprint density at radius 1 is 1.00 bits per heavy atom. The number of hydrogen-bond acceptors (Lipinski definition) is 2. The zero-order valence-electron chi connectivity index (χ0n) is 11.6. The SMILES string of the molecule is Cc1cc(C)cc(N2CCCC(NC3CC3)C2)c1. The number of nitrogens with one attached hydrogen (secondary N) is 1. The van der Waals surface area contributed by atoms with Crippen molar-refractivity contribution in [3.8, 4) is 0 Å². The molecule has 0 bridgehead atoms. The standard InChI is InChI=1S/C16H24N2/c1-12-8-13(2)10-16(9-12)18-7-3-4-15(11-18)17-14-5-6-14/h8-10,14-15,17H,3-7,11H2,1-2H3. The summed E-state index contributed by atoms with van der Waals surface area (Å²) in [4.78, 5) is 2.56. The minimum atomic E-state index is 0.701. The van der Waals surface area contributed by atoms with Crippen LogP contribution < -0.4 is 10.2 Å². The maximum Gasteiger partial charge on any atom is 0.0372 e. The highest BCUT2D eigenvalue weighted by molar-refractivity contribution is 5.51. The Hall–Kier alpha value is -1.02. The van der Waals surface area contributed by atoms with E-state index in [1.807, 2.05) is 0 Å². The predicted octanol–water partition coefficient (Wildman–Crippen LogP) is 3.02. The molecule has 0 aromatic heterocycles. The van der Waals surface area contributed by atoms with Gasteiger partial charge in [0.1, 0.15) is 0 Å². The molecule has 0 radical (unpaired) electrons. The van der Waals surface area contributed by atoms with Crippen LogP contribution in [0.3, 0.4) is 0 Å². The fraction of sp³-hybridized carbons (Fsp3) is 0.625. The van der Waals surface area contributed by atoms with Gasteiger partial charge in [0.25, 0.3) is 0 Å². The van der Waals surface area contributed by atoms with Crippen molar-refractivity contribution in [1.82, 2.24) is 5.32 Å². The second-order valence-corrected chi connectivity index (χ2v) is 6.07. The molecule has 1 unspecified atom stereocenters. The average molecular weight is 244 g/mol. The summed E-state index contributed by atoms with van der Waals surface area (Å²) in [5.41, 5.74) is 4.17. The van der Waals surface area contributed by atoms with Crippen LogP contribution in [0.4, 0.5) is 5.69 Å². The Balaban J connectivity index is 1.70. The third kappa shape index (κ3) is 2.86. The molecule has 2 fully saturated rings. The van der Waals surface area contributed by atoms with E-state index in [1.165, 1.54) is 55.6 Å². The zero-order chi connectivity index (χ0) is 12.5. The van der Waals surface area contributed by atoms with E-state index in [9.17, 15) is 0 Å². The van der Waals surface area contributed by atoms with Gasteiger partial charge in [0.05, 0.1) is 0 Å². The molecule has 1 heterocycles. The van der Waals surface area contributed by atoms with Gasteiger partial charge in [-0.1, -0.05) is 6.07 Å². The van der Waals surface area contributed by atoms with Crippen molar-refractivity contribution in [2.24, 2.45) is 0 Å². The molecular weight excluding hydrogens is 220 g/mol. The quantitative estimate of drug-likeness (QED) is 0.879. The van der Waals surface area contributed by atoms with E-state index < -0.39 is 0 Å². The molecule has 2 heteroatoms. The lowest BCUT2D eigenvalue weighted by Gasteiger charge is -2.35. The fourth-order valence-electron chi connectivity index (χ4n) is 3.06. The lowest BCUT2D eigenvalue weighted by molar-refractivity contribution is 0.420. The topological polar surface area (TPSA) is 15.3 Å². The van der Waals surface area contributed by atoms with Crippen LogP contribution in [0.2, 0.25) is 0 Å². The molecule has 2 nitrogen and oxygen atoms in total. The second kappa shape index (κ2) is 4.93. The lowest BCUT2D eigenvalue weighted by atomic mass is 10.0. The first-order valence-corrected chi connectivity index (χ1v) is 7.30. The van der Waals surface area contributed by atoms with E-state index >= 15 is 0 Å². The van der Waals surface area contributed by atoms with Crippen molar-refractivity contribution in [3.63, 3.8) is 0 Å². The molecule has 98 valence electrons. The summed E-state index contributed by atoms with van der Waals surface area (Å²) >= 11 is 0. The van der Waals surface area contributed by atoms with E-state index in [1.54, 1.807) is 0 Å². The summed E-state index contributed by atoms with van der Waals surface area (Å²) < 4.78 is 0. The first-order chi connectivity index (χ1) is 8.70. The first kappa shape index (κ1) is 12.0. The Kier molecular flexibility index (Phi) is 3.29. The highest BCUT2D eigenvalue weighted by Crippen LogP contribution is 2.25. The number of hydrogen-bond donors (Lipinski definition) is 1. The van der Waals surface area contributed by atoms with Crippen LogP contribution >= 0.6 is 0 Å². The highest BCUT2D eigenvalue weighted by atomic mass is 15.2. The van der Waals surface area contributed by atoms with E-state index in [-0.39, 0.29) is 0 Å². The van der Waals surface area contributed by atoms with E-state index in [4.69, 9.17) is 0 Å². The van der Waals surface area contributed by atoms with Gasteiger partial charge in [-0.2, -0.15) is 0 Å². The maximum absolute atomic E-state index is 3.78. The second-order valence-electron chi connectivity index (χ2n) is 6.07. The smallest absolute Gasteiger partial charge is 0.0372 e. The lowest BCUT2D eigenvalue weighted by Crippen LogP contribution is -2.46. The maximum atomic E-state index is 3.78. The van der Waals surface area contributed by atoms with Gasteiger partial charge in [-0.3, -0.25) is 0 Å². The molecule has 0 spiro atoms. The van der Waals surface area contributed by atoms with Gasteiger partial charge in [-0.25, -0.2) is 0 Å². The van der Waals surface area contributed by atoms with E-state index in [2.05, 4.69) is 42.3 Å². The van der Waals surface area contributed by atoms with Crippen LogP contribution in [0.5, 0.6) is 0 Å². The third-order valence-corrected chi connectivity index (χ3v) is 4.04. The van der Waals surface area contributed by atoms with Gasteiger partial charge < -0.3 is 10.2 Å². The first-order valence-electron chi connectivity index (χ1n) is 7.30. The number of benzene rings is 1. The normalized spacial score (nSPS) is 24.3. The number of aryl methyl sites for hydroxylation is 2. The molecule has 1 aromatic carbocycles. The average Bonchev–Trinajstić information content (AvgIpc) is 3.12. The number of anilines is 1. The van der Waals surface area contributed by atoms with E-state index in [0.717, 1.165) is 6.04 Å². The van der Waals surface area contributed by atoms with Gasteiger partial charge >= 0.3 is 0 Å². The Morgan fingerprint density at radius 2 is 1.72 bits per heavy atom. The van der Waals surface area contributed by atoms with Gasteiger partial charge in [0.15, 0.2) is 0 Å². The summed E-state index contributed by atoms with van der Waals surface area (Å²) in [6.07, 6.45) is 5.44. The molecule has 1 saturated carbocycles. The van der Waals surface area contributed by atoms with E-state index in [0.29, 0.717) is 6.04 Å². The summed E-state index contributed by atoms with van der Waals surface area (Å²) in [6, 6.07) is 8.44. The summed E-state index contributed by atoms with van der Waals surface area (Å²) in [5, 5.41) is 3.78. The predicted molar refractivity (Wildman–Crippen MR) is 77.3 cm³/mol. The minimum Gasteiger partial charge on any atom is -0.370 e. The Morgan fingerprint density at radius 3 is 2.39 bits per heavy atom. The van der Waals surface area contributed by atoms with Gasteiger partial charge in [0.2, 0.25) is 0 Å². The summed E-state index contributed by atoms with van der Waals surface area (Å²) in [5.74, 6) is 0. The van der Waals surface area contributed by atoms with Crippen LogP contribution in [-0.2, 0) is 0 Å².